The summed E-state index contributed by atoms with van der Waals surface area (Å²) >= 11 is 0. The Kier molecular flexibility index (Phi) is 1.26. The Balaban J connectivity index is -0.0000000833. The molecule has 34 valence electrons. The van der Waals surface area contributed by atoms with Gasteiger partial charge in [0.15, 0.2) is 0 Å². The van der Waals surface area contributed by atoms with Gasteiger partial charge in [-0.05, 0) is 0 Å². The van der Waals surface area contributed by atoms with Gasteiger partial charge in [-0.15, -0.1) is 9.78 Å². The molecule has 1 saturated heterocycles. The largest absolute Gasteiger partial charge is 2.00 e. The summed E-state index contributed by atoms with van der Waals surface area (Å²) in [5, 5.41) is 15.5. The SMILES string of the molecule is OC1(O)OO1.[Be+2].[H-].[H-]. The Morgan fingerprint density at radius 2 is 1.50 bits per heavy atom. The second-order valence-corrected chi connectivity index (χ2v) is 0.715. The molecule has 4 nitrogen and oxygen atoms in total. The molecule has 0 aromatic rings. The van der Waals surface area contributed by atoms with Crippen molar-refractivity contribution in [2.45, 2.75) is 6.16 Å². The Morgan fingerprint density at radius 1 is 1.33 bits per heavy atom. The third-order valence-electron chi connectivity index (χ3n) is 0.232. The fraction of sp³-hybridized carbons (Fsp3) is 1.00. The van der Waals surface area contributed by atoms with Gasteiger partial charge in [0.1, 0.15) is 0 Å². The predicted molar refractivity (Wildman–Crippen MR) is 17.3 cm³/mol. The molecule has 2 N–H and O–H groups in total. The van der Waals surface area contributed by atoms with Crippen molar-refractivity contribution in [1.29, 1.82) is 0 Å². The fourth-order valence-corrected chi connectivity index (χ4v) is 0.0373. The molecule has 1 fully saturated rings. The standard InChI is InChI=1S/CH2O4.Be.2H/c2-1(3)4-5-1;;;/h2-3H;;;/q;+2;2*-1. The maximum atomic E-state index is 7.74. The summed E-state index contributed by atoms with van der Waals surface area (Å²) in [7, 11) is 0. The number of aliphatic hydroxyl groups is 2. The van der Waals surface area contributed by atoms with Gasteiger partial charge in [-0.25, -0.2) is 0 Å². The Labute approximate surface area is 40.4 Å². The molecule has 1 aliphatic heterocycles. The molecule has 0 aliphatic carbocycles. The Bertz CT molecular complexity index is 52.0. The summed E-state index contributed by atoms with van der Waals surface area (Å²) in [6.07, 6.45) is -2.25. The fourth-order valence-electron chi connectivity index (χ4n) is 0.0373. The summed E-state index contributed by atoms with van der Waals surface area (Å²) in [6, 6.07) is 0. The maximum Gasteiger partial charge on any atom is 2.00 e. The third kappa shape index (κ3) is 1.45. The quantitative estimate of drug-likeness (QED) is 0.162. The summed E-state index contributed by atoms with van der Waals surface area (Å²) in [5.74, 6) is 0. The molecule has 0 atom stereocenters. The zero-order chi connectivity index (χ0) is 3.91. The monoisotopic (exact) mass is 89.0 g/mol. The minimum absolute atomic E-state index is 0. The van der Waals surface area contributed by atoms with Crippen LogP contribution >= 0.6 is 0 Å². The van der Waals surface area contributed by atoms with E-state index in [0.29, 0.717) is 0 Å². The van der Waals surface area contributed by atoms with Gasteiger partial charge >= 0.3 is 16.3 Å². The minimum atomic E-state index is -2.25. The van der Waals surface area contributed by atoms with E-state index in [0.717, 1.165) is 0 Å². The van der Waals surface area contributed by atoms with Crippen molar-refractivity contribution in [2.75, 3.05) is 0 Å². The van der Waals surface area contributed by atoms with Gasteiger partial charge in [0.2, 0.25) is 0 Å². The molecule has 0 amide bonds. The van der Waals surface area contributed by atoms with Crippen LogP contribution in [-0.4, -0.2) is 26.5 Å². The first kappa shape index (κ1) is 6.01. The topological polar surface area (TPSA) is 65.5 Å². The van der Waals surface area contributed by atoms with Crippen molar-refractivity contribution in [3.05, 3.63) is 0 Å². The smallest absolute Gasteiger partial charge is 1.00 e. The molecule has 5 heteroatoms. The first-order valence-corrected chi connectivity index (χ1v) is 1.02. The van der Waals surface area contributed by atoms with Crippen molar-refractivity contribution in [3.63, 3.8) is 0 Å². The first-order valence-electron chi connectivity index (χ1n) is 1.02. The second kappa shape index (κ2) is 1.25. The van der Waals surface area contributed by atoms with E-state index in [4.69, 9.17) is 10.2 Å². The van der Waals surface area contributed by atoms with E-state index in [9.17, 15) is 0 Å². The molecule has 0 saturated carbocycles. The van der Waals surface area contributed by atoms with Crippen LogP contribution in [0.4, 0.5) is 0 Å². The summed E-state index contributed by atoms with van der Waals surface area (Å²) in [4.78, 5) is 7.01. The maximum absolute atomic E-state index is 7.74. The predicted octanol–water partition coefficient (Wildman–Crippen LogP) is -1.61. The van der Waals surface area contributed by atoms with E-state index in [1.165, 1.54) is 0 Å². The Hall–Kier alpha value is 0.00883. The molecular weight excluding hydrogens is 85.0 g/mol. The molecule has 0 aromatic heterocycles. The molecule has 6 heavy (non-hydrogen) atoms. The van der Waals surface area contributed by atoms with Crippen LogP contribution in [0.5, 0.6) is 0 Å². The zero-order valence-electron chi connectivity index (χ0n) is 4.92. The van der Waals surface area contributed by atoms with Crippen LogP contribution in [0.2, 0.25) is 0 Å². The van der Waals surface area contributed by atoms with E-state index in [1.54, 1.807) is 0 Å². The number of hydrogen-bond acceptors (Lipinski definition) is 4. The van der Waals surface area contributed by atoms with Gasteiger partial charge in [-0.2, -0.15) is 0 Å². The van der Waals surface area contributed by atoms with E-state index in [-0.39, 0.29) is 13.0 Å². The van der Waals surface area contributed by atoms with Gasteiger partial charge in [0.25, 0.3) is 0 Å². The zero-order valence-corrected chi connectivity index (χ0v) is 2.92. The average Bonchev–Trinajstić information content (AvgIpc) is 1.76. The molecular formula is CH4BeO4. The first-order chi connectivity index (χ1) is 2.21. The second-order valence-electron chi connectivity index (χ2n) is 0.715. The summed E-state index contributed by atoms with van der Waals surface area (Å²) < 4.78 is 0. The van der Waals surface area contributed by atoms with E-state index < -0.39 is 6.16 Å². The van der Waals surface area contributed by atoms with Crippen molar-refractivity contribution in [2.24, 2.45) is 0 Å². The van der Waals surface area contributed by atoms with Crippen LogP contribution in [0.15, 0.2) is 0 Å². The summed E-state index contributed by atoms with van der Waals surface area (Å²) in [6.45, 7) is 0. The number of hydrogen-bond donors (Lipinski definition) is 2. The molecule has 1 rings (SSSR count). The molecule has 1 heterocycles. The molecule has 0 aromatic carbocycles. The van der Waals surface area contributed by atoms with Gasteiger partial charge in [0.05, 0.1) is 0 Å². The third-order valence-corrected chi connectivity index (χ3v) is 0.232. The van der Waals surface area contributed by atoms with Crippen LogP contribution in [0.1, 0.15) is 2.85 Å². The van der Waals surface area contributed by atoms with Crippen molar-refractivity contribution in [1.82, 2.24) is 0 Å². The molecule has 0 spiro atoms. The molecule has 0 bridgehead atoms. The van der Waals surface area contributed by atoms with Crippen LogP contribution in [-0.2, 0) is 9.78 Å². The van der Waals surface area contributed by atoms with Crippen molar-refractivity contribution >= 4 is 10.1 Å². The molecule has 1 aliphatic rings. The molecule has 0 unspecified atom stereocenters. The van der Waals surface area contributed by atoms with Gasteiger partial charge in [-0.3, -0.25) is 0 Å². The number of rotatable bonds is 0. The van der Waals surface area contributed by atoms with Crippen molar-refractivity contribution < 1.29 is 22.8 Å². The van der Waals surface area contributed by atoms with Gasteiger partial charge < -0.3 is 13.1 Å². The minimum Gasteiger partial charge on any atom is -1.00 e. The Morgan fingerprint density at radius 3 is 1.50 bits per heavy atom. The average molecular weight is 89.1 g/mol. The van der Waals surface area contributed by atoms with Gasteiger partial charge in [0, 0.05) is 0 Å². The van der Waals surface area contributed by atoms with Crippen LogP contribution in [0.3, 0.4) is 0 Å². The van der Waals surface area contributed by atoms with E-state index in [2.05, 4.69) is 9.78 Å². The van der Waals surface area contributed by atoms with E-state index >= 15 is 0 Å². The van der Waals surface area contributed by atoms with Crippen LogP contribution in [0, 0.1) is 0 Å². The van der Waals surface area contributed by atoms with Crippen LogP contribution < -0.4 is 0 Å². The van der Waals surface area contributed by atoms with Gasteiger partial charge in [-0.1, -0.05) is 0 Å². The molecule has 0 radical (unpaired) electrons. The summed E-state index contributed by atoms with van der Waals surface area (Å²) in [5.41, 5.74) is 0. The van der Waals surface area contributed by atoms with E-state index in [1.807, 2.05) is 0 Å². The normalized spacial score (nSPS) is 25.0. The van der Waals surface area contributed by atoms with Crippen LogP contribution in [0.25, 0.3) is 0 Å². The van der Waals surface area contributed by atoms with Crippen molar-refractivity contribution in [3.8, 4) is 0 Å².